The van der Waals surface area contributed by atoms with E-state index in [1.807, 2.05) is 12.1 Å². The van der Waals surface area contributed by atoms with Gasteiger partial charge in [-0.3, -0.25) is 0 Å². The number of ether oxygens (including phenoxy) is 1. The zero-order valence-corrected chi connectivity index (χ0v) is 14.4. The average molecular weight is 322 g/mol. The van der Waals surface area contributed by atoms with E-state index in [2.05, 4.69) is 17.6 Å². The van der Waals surface area contributed by atoms with Gasteiger partial charge in [-0.05, 0) is 24.1 Å². The highest BCUT2D eigenvalue weighted by Crippen LogP contribution is 2.23. The molecule has 3 nitrogen and oxygen atoms in total. The van der Waals surface area contributed by atoms with Crippen molar-refractivity contribution in [2.24, 2.45) is 0 Å². The molecule has 0 spiro atoms. The molecule has 2 N–H and O–H groups in total. The largest absolute Gasteiger partial charge is 0.383 e. The van der Waals surface area contributed by atoms with Crippen molar-refractivity contribution in [3.63, 3.8) is 0 Å². The summed E-state index contributed by atoms with van der Waals surface area (Å²) in [5.41, 5.74) is 1.51. The lowest BCUT2D eigenvalue weighted by Crippen LogP contribution is -2.33. The predicted octanol–water partition coefficient (Wildman–Crippen LogP) is 4.65. The summed E-state index contributed by atoms with van der Waals surface area (Å²) in [4.78, 5) is 0. The summed E-state index contributed by atoms with van der Waals surface area (Å²) in [6, 6.07) is 5.41. The Morgan fingerprint density at radius 2 is 1.96 bits per heavy atom. The third-order valence-corrected chi connectivity index (χ3v) is 4.39. The molecule has 0 aliphatic carbocycles. The molecule has 0 aromatic heterocycles. The molecule has 1 fully saturated rings. The van der Waals surface area contributed by atoms with Gasteiger partial charge in [0, 0.05) is 19.6 Å². The minimum Gasteiger partial charge on any atom is -0.383 e. The Balaban J connectivity index is 1.67. The second-order valence-electron chi connectivity index (χ2n) is 6.35. The molecule has 1 aliphatic heterocycles. The Kier molecular flexibility index (Phi) is 8.40. The molecule has 1 heterocycles. The molecule has 1 aromatic carbocycles. The third kappa shape index (κ3) is 6.48. The molecule has 23 heavy (non-hydrogen) atoms. The number of morpholine rings is 1. The standard InChI is InChI=1S/C19H31FN2O/c1-2-3-4-5-6-7-8-11-22-18-10-9-16(14-17(18)20)19-15-21-12-13-23-19/h9-10,14,19,21-22H,2-8,11-13,15H2,1H3/t19-/m1/s1. The number of halogens is 1. The first-order valence-corrected chi connectivity index (χ1v) is 9.17. The minimum atomic E-state index is -0.181. The van der Waals surface area contributed by atoms with Crippen LogP contribution in [0.1, 0.15) is 63.5 Å². The molecule has 1 atom stereocenters. The van der Waals surface area contributed by atoms with Crippen molar-refractivity contribution in [3.05, 3.63) is 29.6 Å². The molecule has 0 bridgehead atoms. The van der Waals surface area contributed by atoms with Crippen LogP contribution in [0, 0.1) is 5.82 Å². The Morgan fingerprint density at radius 1 is 1.17 bits per heavy atom. The van der Waals surface area contributed by atoms with Gasteiger partial charge in [-0.2, -0.15) is 0 Å². The topological polar surface area (TPSA) is 33.3 Å². The van der Waals surface area contributed by atoms with Gasteiger partial charge in [0.2, 0.25) is 0 Å². The second kappa shape index (κ2) is 10.6. The molecule has 130 valence electrons. The molecule has 0 radical (unpaired) electrons. The van der Waals surface area contributed by atoms with E-state index < -0.39 is 0 Å². The lowest BCUT2D eigenvalue weighted by Gasteiger charge is -2.24. The van der Waals surface area contributed by atoms with Crippen LogP contribution in [-0.4, -0.2) is 26.2 Å². The van der Waals surface area contributed by atoms with Gasteiger partial charge in [-0.15, -0.1) is 0 Å². The number of anilines is 1. The molecule has 1 aromatic rings. The van der Waals surface area contributed by atoms with Gasteiger partial charge in [-0.25, -0.2) is 4.39 Å². The molecule has 0 unspecified atom stereocenters. The number of benzene rings is 1. The lowest BCUT2D eigenvalue weighted by atomic mass is 10.1. The molecular formula is C19H31FN2O. The van der Waals surface area contributed by atoms with Crippen molar-refractivity contribution < 1.29 is 9.13 Å². The van der Waals surface area contributed by atoms with Crippen molar-refractivity contribution in [3.8, 4) is 0 Å². The monoisotopic (exact) mass is 322 g/mol. The van der Waals surface area contributed by atoms with E-state index in [0.29, 0.717) is 12.3 Å². The summed E-state index contributed by atoms with van der Waals surface area (Å²) in [7, 11) is 0. The Morgan fingerprint density at radius 3 is 2.65 bits per heavy atom. The zero-order valence-electron chi connectivity index (χ0n) is 14.4. The van der Waals surface area contributed by atoms with Crippen LogP contribution in [0.15, 0.2) is 18.2 Å². The quantitative estimate of drug-likeness (QED) is 0.615. The first-order chi connectivity index (χ1) is 11.3. The van der Waals surface area contributed by atoms with E-state index in [0.717, 1.165) is 31.6 Å². The highest BCUT2D eigenvalue weighted by Gasteiger charge is 2.16. The highest BCUT2D eigenvalue weighted by molar-refractivity contribution is 5.46. The summed E-state index contributed by atoms with van der Waals surface area (Å²) in [6.45, 7) is 5.39. The summed E-state index contributed by atoms with van der Waals surface area (Å²) in [5.74, 6) is -0.181. The van der Waals surface area contributed by atoms with Crippen molar-refractivity contribution in [2.75, 3.05) is 31.6 Å². The molecule has 4 heteroatoms. The van der Waals surface area contributed by atoms with Crippen molar-refractivity contribution >= 4 is 5.69 Å². The third-order valence-electron chi connectivity index (χ3n) is 4.39. The fourth-order valence-electron chi connectivity index (χ4n) is 2.96. The van der Waals surface area contributed by atoms with Gasteiger partial charge in [0.15, 0.2) is 0 Å². The SMILES string of the molecule is CCCCCCCCCNc1ccc([C@H]2CNCCO2)cc1F. The second-order valence-corrected chi connectivity index (χ2v) is 6.35. The molecule has 0 amide bonds. The smallest absolute Gasteiger partial charge is 0.146 e. The van der Waals surface area contributed by atoms with Crippen LogP contribution in [0.2, 0.25) is 0 Å². The number of hydrogen-bond acceptors (Lipinski definition) is 3. The van der Waals surface area contributed by atoms with Gasteiger partial charge < -0.3 is 15.4 Å². The minimum absolute atomic E-state index is 0.0320. The van der Waals surface area contributed by atoms with Crippen LogP contribution in [0.5, 0.6) is 0 Å². The molecule has 1 aliphatic rings. The van der Waals surface area contributed by atoms with E-state index in [-0.39, 0.29) is 11.9 Å². The maximum absolute atomic E-state index is 14.2. The van der Waals surface area contributed by atoms with Gasteiger partial charge in [0.1, 0.15) is 5.82 Å². The fourth-order valence-corrected chi connectivity index (χ4v) is 2.96. The first-order valence-electron chi connectivity index (χ1n) is 9.17. The van der Waals surface area contributed by atoms with E-state index in [9.17, 15) is 4.39 Å². The Bertz CT molecular complexity index is 447. The van der Waals surface area contributed by atoms with E-state index in [1.54, 1.807) is 6.07 Å². The van der Waals surface area contributed by atoms with Crippen molar-refractivity contribution in [1.82, 2.24) is 5.32 Å². The van der Waals surface area contributed by atoms with Crippen molar-refractivity contribution in [1.29, 1.82) is 0 Å². The highest BCUT2D eigenvalue weighted by atomic mass is 19.1. The van der Waals surface area contributed by atoms with Gasteiger partial charge in [0.25, 0.3) is 0 Å². The van der Waals surface area contributed by atoms with E-state index in [1.165, 1.54) is 38.5 Å². The summed E-state index contributed by atoms with van der Waals surface area (Å²) in [6.07, 6.45) is 8.88. The van der Waals surface area contributed by atoms with Crippen molar-refractivity contribution in [2.45, 2.75) is 58.0 Å². The zero-order chi connectivity index (χ0) is 16.3. The van der Waals surface area contributed by atoms with Gasteiger partial charge in [0.05, 0.1) is 18.4 Å². The van der Waals surface area contributed by atoms with Crippen LogP contribution < -0.4 is 10.6 Å². The summed E-state index contributed by atoms with van der Waals surface area (Å²) in [5, 5.41) is 6.48. The Hall–Kier alpha value is -1.13. The summed E-state index contributed by atoms with van der Waals surface area (Å²) < 4.78 is 19.8. The van der Waals surface area contributed by atoms with Gasteiger partial charge in [-0.1, -0.05) is 51.5 Å². The number of unbranched alkanes of at least 4 members (excludes halogenated alkanes) is 6. The number of hydrogen-bond donors (Lipinski definition) is 2. The normalized spacial score (nSPS) is 18.1. The first kappa shape index (κ1) is 18.2. The van der Waals surface area contributed by atoms with E-state index >= 15 is 0 Å². The molecule has 2 rings (SSSR count). The lowest BCUT2D eigenvalue weighted by molar-refractivity contribution is 0.0275. The molecule has 0 saturated carbocycles. The van der Waals surface area contributed by atoms with Crippen LogP contribution in [0.3, 0.4) is 0 Å². The maximum Gasteiger partial charge on any atom is 0.146 e. The summed E-state index contributed by atoms with van der Waals surface area (Å²) >= 11 is 0. The van der Waals surface area contributed by atoms with E-state index in [4.69, 9.17) is 4.74 Å². The molecule has 1 saturated heterocycles. The van der Waals surface area contributed by atoms with Crippen LogP contribution in [0.25, 0.3) is 0 Å². The number of rotatable bonds is 10. The van der Waals surface area contributed by atoms with Crippen LogP contribution >= 0.6 is 0 Å². The molecular weight excluding hydrogens is 291 g/mol. The predicted molar refractivity (Wildman–Crippen MR) is 94.4 cm³/mol. The Labute approximate surface area is 140 Å². The average Bonchev–Trinajstić information content (AvgIpc) is 2.59. The van der Waals surface area contributed by atoms with Crippen LogP contribution in [0.4, 0.5) is 10.1 Å². The fraction of sp³-hybridized carbons (Fsp3) is 0.684. The number of nitrogens with one attached hydrogen (secondary N) is 2. The van der Waals surface area contributed by atoms with Gasteiger partial charge >= 0.3 is 0 Å². The van der Waals surface area contributed by atoms with Crippen LogP contribution in [-0.2, 0) is 4.74 Å². The maximum atomic E-state index is 14.2.